The zero-order valence-electron chi connectivity index (χ0n) is 17.0. The molecule has 1 aromatic heterocycles. The van der Waals surface area contributed by atoms with Crippen LogP contribution in [0.1, 0.15) is 30.0 Å². The molecule has 0 aliphatic carbocycles. The molecule has 0 radical (unpaired) electrons. The van der Waals surface area contributed by atoms with Crippen LogP contribution in [-0.2, 0) is 28.5 Å². The number of carbonyl (C=O) groups is 2. The molecule has 4 rings (SSSR count). The van der Waals surface area contributed by atoms with E-state index < -0.39 is 29.8 Å². The van der Waals surface area contributed by atoms with E-state index in [1.165, 1.54) is 12.3 Å². The lowest BCUT2D eigenvalue weighted by molar-refractivity contribution is -0.137. The van der Waals surface area contributed by atoms with Gasteiger partial charge < -0.3 is 9.47 Å². The van der Waals surface area contributed by atoms with Crippen molar-refractivity contribution in [1.29, 1.82) is 0 Å². The van der Waals surface area contributed by atoms with Gasteiger partial charge in [-0.3, -0.25) is 15.1 Å². The number of imide groups is 1. The van der Waals surface area contributed by atoms with Crippen LogP contribution in [0.15, 0.2) is 48.7 Å². The summed E-state index contributed by atoms with van der Waals surface area (Å²) < 4.78 is 50.0. The quantitative estimate of drug-likeness (QED) is 0.567. The molecule has 6 nitrogen and oxygen atoms in total. The van der Waals surface area contributed by atoms with Crippen LogP contribution >= 0.6 is 0 Å². The molecule has 1 unspecified atom stereocenters. The van der Waals surface area contributed by atoms with E-state index in [-0.39, 0.29) is 11.9 Å². The monoisotopic (exact) mass is 444 g/mol. The minimum absolute atomic E-state index is 0.178. The summed E-state index contributed by atoms with van der Waals surface area (Å²) in [7, 11) is 0. The zero-order chi connectivity index (χ0) is 22.9. The summed E-state index contributed by atoms with van der Waals surface area (Å²) in [6.07, 6.45) is -2.90. The van der Waals surface area contributed by atoms with Gasteiger partial charge in [0.2, 0.25) is 0 Å². The van der Waals surface area contributed by atoms with Crippen molar-refractivity contribution in [2.24, 2.45) is 0 Å². The van der Waals surface area contributed by atoms with Crippen LogP contribution in [0.2, 0.25) is 0 Å². The predicted octanol–water partition coefficient (Wildman–Crippen LogP) is 5.18. The SMILES string of the molecule is CCCc1cc(Oc2ccnc3cc(C(F)(F)F)ccc23)ccc1CC1OC(=O)NC1=O. The Kier molecular flexibility index (Phi) is 5.73. The van der Waals surface area contributed by atoms with E-state index in [2.05, 4.69) is 10.3 Å². The highest BCUT2D eigenvalue weighted by molar-refractivity contribution is 6.00. The molecule has 0 spiro atoms. The molecule has 0 bridgehead atoms. The summed E-state index contributed by atoms with van der Waals surface area (Å²) in [5.74, 6) is 0.403. The highest BCUT2D eigenvalue weighted by Crippen LogP contribution is 2.35. The summed E-state index contributed by atoms with van der Waals surface area (Å²) >= 11 is 0. The average Bonchev–Trinajstić information content (AvgIpc) is 3.06. The van der Waals surface area contributed by atoms with Crippen LogP contribution in [-0.4, -0.2) is 23.1 Å². The maximum absolute atomic E-state index is 13.0. The van der Waals surface area contributed by atoms with Crippen LogP contribution in [0, 0.1) is 0 Å². The number of benzene rings is 2. The third-order valence-electron chi connectivity index (χ3n) is 5.13. The normalized spacial score (nSPS) is 16.2. The van der Waals surface area contributed by atoms with Crippen LogP contribution in [0.4, 0.5) is 18.0 Å². The predicted molar refractivity (Wildman–Crippen MR) is 109 cm³/mol. The van der Waals surface area contributed by atoms with Crippen molar-refractivity contribution in [1.82, 2.24) is 10.3 Å². The van der Waals surface area contributed by atoms with Gasteiger partial charge in [0.1, 0.15) is 11.5 Å². The van der Waals surface area contributed by atoms with E-state index in [0.29, 0.717) is 23.3 Å². The van der Waals surface area contributed by atoms with E-state index in [0.717, 1.165) is 29.7 Å². The first kappa shape index (κ1) is 21.6. The van der Waals surface area contributed by atoms with Crippen LogP contribution in [0.25, 0.3) is 10.9 Å². The number of aromatic nitrogens is 1. The Morgan fingerprint density at radius 1 is 1.09 bits per heavy atom. The molecule has 2 heterocycles. The molecule has 3 aromatic rings. The molecular formula is C23H19F3N2O4. The molecule has 2 aromatic carbocycles. The zero-order valence-corrected chi connectivity index (χ0v) is 17.0. The second-order valence-corrected chi connectivity index (χ2v) is 7.41. The number of rotatable bonds is 6. The molecule has 1 fully saturated rings. The number of aryl methyl sites for hydroxylation is 1. The number of cyclic esters (lactones) is 1. The average molecular weight is 444 g/mol. The van der Waals surface area contributed by atoms with Crippen molar-refractivity contribution in [2.45, 2.75) is 38.5 Å². The van der Waals surface area contributed by atoms with Crippen molar-refractivity contribution in [3.8, 4) is 11.5 Å². The van der Waals surface area contributed by atoms with Gasteiger partial charge in [0.25, 0.3) is 5.91 Å². The molecule has 2 amide bonds. The third kappa shape index (κ3) is 4.51. The Morgan fingerprint density at radius 3 is 2.59 bits per heavy atom. The van der Waals surface area contributed by atoms with Crippen molar-refractivity contribution in [3.63, 3.8) is 0 Å². The van der Waals surface area contributed by atoms with E-state index in [1.807, 2.05) is 13.0 Å². The number of nitrogens with one attached hydrogen (secondary N) is 1. The summed E-state index contributed by atoms with van der Waals surface area (Å²) in [5, 5.41) is 2.57. The molecule has 1 saturated heterocycles. The van der Waals surface area contributed by atoms with Crippen molar-refractivity contribution >= 4 is 22.9 Å². The fraction of sp³-hybridized carbons (Fsp3) is 0.261. The Balaban J connectivity index is 1.61. The van der Waals surface area contributed by atoms with E-state index in [1.54, 1.807) is 18.2 Å². The number of nitrogens with zero attached hydrogens (tertiary/aromatic N) is 1. The van der Waals surface area contributed by atoms with Crippen LogP contribution < -0.4 is 10.1 Å². The van der Waals surface area contributed by atoms with Gasteiger partial charge in [0.05, 0.1) is 11.1 Å². The summed E-state index contributed by atoms with van der Waals surface area (Å²) in [6, 6.07) is 10.2. The van der Waals surface area contributed by atoms with Crippen LogP contribution in [0.3, 0.4) is 0 Å². The Labute approximate surface area is 181 Å². The molecule has 0 saturated carbocycles. The smallest absolute Gasteiger partial charge is 0.416 e. The van der Waals surface area contributed by atoms with Crippen molar-refractivity contribution in [3.05, 3.63) is 65.4 Å². The molecule has 32 heavy (non-hydrogen) atoms. The topological polar surface area (TPSA) is 77.5 Å². The van der Waals surface area contributed by atoms with Crippen molar-refractivity contribution < 1.29 is 32.2 Å². The van der Waals surface area contributed by atoms with E-state index >= 15 is 0 Å². The van der Waals surface area contributed by atoms with Gasteiger partial charge in [0.15, 0.2) is 6.10 Å². The molecule has 1 aliphatic heterocycles. The molecule has 1 atom stereocenters. The standard InChI is InChI=1S/C23H19F3N2O4/c1-2-3-13-10-16(6-4-14(13)11-20-21(29)28-22(30)32-20)31-19-8-9-27-18-12-15(23(24,25)26)5-7-17(18)19/h4-10,12,20H,2-3,11H2,1H3,(H,28,29,30). The molecule has 1 aliphatic rings. The second kappa shape index (κ2) is 8.49. The van der Waals surface area contributed by atoms with Gasteiger partial charge in [-0.25, -0.2) is 4.79 Å². The number of pyridine rings is 1. The minimum atomic E-state index is -4.46. The van der Waals surface area contributed by atoms with Gasteiger partial charge in [-0.15, -0.1) is 0 Å². The van der Waals surface area contributed by atoms with Crippen LogP contribution in [0.5, 0.6) is 11.5 Å². The number of halogens is 3. The number of hydrogen-bond donors (Lipinski definition) is 1. The highest BCUT2D eigenvalue weighted by Gasteiger charge is 2.33. The second-order valence-electron chi connectivity index (χ2n) is 7.41. The van der Waals surface area contributed by atoms with Crippen molar-refractivity contribution in [2.75, 3.05) is 0 Å². The lowest BCUT2D eigenvalue weighted by atomic mass is 9.98. The maximum Gasteiger partial charge on any atom is 0.416 e. The number of alkyl halides is 3. The molecule has 1 N–H and O–H groups in total. The summed E-state index contributed by atoms with van der Waals surface area (Å²) in [4.78, 5) is 27.1. The summed E-state index contributed by atoms with van der Waals surface area (Å²) in [5.41, 5.74) is 1.18. The Bertz CT molecular complexity index is 1190. The van der Waals surface area contributed by atoms with Gasteiger partial charge in [0, 0.05) is 18.0 Å². The van der Waals surface area contributed by atoms with Gasteiger partial charge in [-0.05, 0) is 53.9 Å². The minimum Gasteiger partial charge on any atom is -0.457 e. The first-order valence-corrected chi connectivity index (χ1v) is 10.0. The molecular weight excluding hydrogens is 425 g/mol. The van der Waals surface area contributed by atoms with E-state index in [9.17, 15) is 22.8 Å². The number of alkyl carbamates (subject to hydrolysis) is 1. The molecule has 9 heteroatoms. The fourth-order valence-electron chi connectivity index (χ4n) is 3.61. The number of ether oxygens (including phenoxy) is 2. The lowest BCUT2D eigenvalue weighted by Crippen LogP contribution is -2.26. The number of amides is 2. The number of carbonyl (C=O) groups excluding carboxylic acids is 2. The first-order chi connectivity index (χ1) is 15.2. The largest absolute Gasteiger partial charge is 0.457 e. The Morgan fingerprint density at radius 2 is 1.91 bits per heavy atom. The first-order valence-electron chi connectivity index (χ1n) is 10.0. The Hall–Kier alpha value is -3.62. The van der Waals surface area contributed by atoms with Gasteiger partial charge in [-0.1, -0.05) is 19.4 Å². The number of fused-ring (bicyclic) bond motifs is 1. The fourth-order valence-corrected chi connectivity index (χ4v) is 3.61. The number of hydrogen-bond acceptors (Lipinski definition) is 5. The third-order valence-corrected chi connectivity index (χ3v) is 5.13. The summed E-state index contributed by atoms with van der Waals surface area (Å²) in [6.45, 7) is 2.01. The lowest BCUT2D eigenvalue weighted by Gasteiger charge is -2.15. The maximum atomic E-state index is 13.0. The van der Waals surface area contributed by atoms with Gasteiger partial charge in [-0.2, -0.15) is 13.2 Å². The van der Waals surface area contributed by atoms with Gasteiger partial charge >= 0.3 is 12.3 Å². The van der Waals surface area contributed by atoms with E-state index in [4.69, 9.17) is 9.47 Å². The molecule has 166 valence electrons. The highest BCUT2D eigenvalue weighted by atomic mass is 19.4.